The van der Waals surface area contributed by atoms with E-state index >= 15 is 0 Å². The van der Waals surface area contributed by atoms with E-state index in [4.69, 9.17) is 5.73 Å². The normalized spacial score (nSPS) is 10.7. The van der Waals surface area contributed by atoms with Crippen LogP contribution < -0.4 is 11.1 Å². The number of benzene rings is 1. The van der Waals surface area contributed by atoms with Crippen LogP contribution in [0.3, 0.4) is 0 Å². The van der Waals surface area contributed by atoms with Gasteiger partial charge in [0.05, 0.1) is 11.0 Å². The Labute approximate surface area is 97.4 Å². The van der Waals surface area contributed by atoms with Gasteiger partial charge in [0.15, 0.2) is 0 Å². The van der Waals surface area contributed by atoms with Crippen LogP contribution in [0.15, 0.2) is 18.2 Å². The minimum Gasteiger partial charge on any atom is -0.369 e. The van der Waals surface area contributed by atoms with Crippen LogP contribution in [0.5, 0.6) is 0 Å². The lowest BCUT2D eigenvalue weighted by Crippen LogP contribution is -2.19. The maximum atomic E-state index is 13.1. The molecule has 0 unspecified atom stereocenters. The van der Waals surface area contributed by atoms with Gasteiger partial charge in [0.25, 0.3) is 0 Å². The van der Waals surface area contributed by atoms with Gasteiger partial charge in [0.2, 0.25) is 11.9 Å². The molecule has 0 fully saturated rings. The quantitative estimate of drug-likeness (QED) is 0.831. The second-order valence-corrected chi connectivity index (χ2v) is 3.68. The molecule has 1 aromatic carbocycles. The summed E-state index contributed by atoms with van der Waals surface area (Å²) in [6.45, 7) is 0.380. The lowest BCUT2D eigenvalue weighted by Gasteiger charge is -2.05. The molecule has 90 valence electrons. The van der Waals surface area contributed by atoms with E-state index in [-0.39, 0.29) is 24.1 Å². The molecule has 5 nitrogen and oxygen atoms in total. The third-order valence-corrected chi connectivity index (χ3v) is 2.58. The highest BCUT2D eigenvalue weighted by atomic mass is 19.1. The highest BCUT2D eigenvalue weighted by molar-refractivity contribution is 5.79. The van der Waals surface area contributed by atoms with E-state index in [9.17, 15) is 9.18 Å². The zero-order chi connectivity index (χ0) is 12.4. The number of nitrogens with zero attached hydrogens (tertiary/aromatic N) is 2. The SMILES string of the molecule is CNC(=O)CCn1c(N)nc2ccc(F)cc21. The second-order valence-electron chi connectivity index (χ2n) is 3.68. The molecule has 0 aliphatic rings. The molecule has 0 radical (unpaired) electrons. The summed E-state index contributed by atoms with van der Waals surface area (Å²) in [6.07, 6.45) is 0.280. The van der Waals surface area contributed by atoms with Crippen molar-refractivity contribution in [1.29, 1.82) is 0 Å². The average Bonchev–Trinajstić information content (AvgIpc) is 2.61. The first-order valence-corrected chi connectivity index (χ1v) is 5.23. The highest BCUT2D eigenvalue weighted by Gasteiger charge is 2.10. The molecular weight excluding hydrogens is 223 g/mol. The molecule has 1 aromatic heterocycles. The number of aromatic nitrogens is 2. The van der Waals surface area contributed by atoms with Crippen molar-refractivity contribution in [3.8, 4) is 0 Å². The molecule has 17 heavy (non-hydrogen) atoms. The van der Waals surface area contributed by atoms with E-state index in [2.05, 4.69) is 10.3 Å². The second kappa shape index (κ2) is 4.40. The third kappa shape index (κ3) is 2.20. The summed E-state index contributed by atoms with van der Waals surface area (Å²) in [5, 5.41) is 2.52. The molecule has 0 spiro atoms. The maximum Gasteiger partial charge on any atom is 0.221 e. The van der Waals surface area contributed by atoms with Crippen LogP contribution in [0, 0.1) is 5.82 Å². The van der Waals surface area contributed by atoms with Crippen molar-refractivity contribution in [3.05, 3.63) is 24.0 Å². The van der Waals surface area contributed by atoms with Crippen molar-refractivity contribution in [3.63, 3.8) is 0 Å². The molecule has 2 aromatic rings. The van der Waals surface area contributed by atoms with Gasteiger partial charge >= 0.3 is 0 Å². The Kier molecular flexibility index (Phi) is 2.95. The number of fused-ring (bicyclic) bond motifs is 1. The Bertz CT molecular complexity index is 564. The van der Waals surface area contributed by atoms with Crippen molar-refractivity contribution in [2.75, 3.05) is 12.8 Å². The van der Waals surface area contributed by atoms with E-state index < -0.39 is 0 Å². The largest absolute Gasteiger partial charge is 0.369 e. The fourth-order valence-electron chi connectivity index (χ4n) is 1.69. The minimum absolute atomic E-state index is 0.0948. The van der Waals surface area contributed by atoms with E-state index in [0.29, 0.717) is 17.6 Å². The molecule has 6 heteroatoms. The van der Waals surface area contributed by atoms with E-state index in [0.717, 1.165) is 0 Å². The number of anilines is 1. The topological polar surface area (TPSA) is 72.9 Å². The van der Waals surface area contributed by atoms with Crippen LogP contribution in [0.4, 0.5) is 10.3 Å². The first-order chi connectivity index (χ1) is 8.11. The van der Waals surface area contributed by atoms with E-state index in [1.807, 2.05) is 0 Å². The molecule has 0 saturated carbocycles. The number of nitrogens with one attached hydrogen (secondary N) is 1. The number of rotatable bonds is 3. The molecule has 0 bridgehead atoms. The van der Waals surface area contributed by atoms with Crippen molar-refractivity contribution < 1.29 is 9.18 Å². The van der Waals surface area contributed by atoms with Crippen molar-refractivity contribution >= 4 is 22.9 Å². The summed E-state index contributed by atoms with van der Waals surface area (Å²) in [4.78, 5) is 15.3. The number of carbonyl (C=O) groups excluding carboxylic acids is 1. The molecule has 1 amide bonds. The van der Waals surface area contributed by atoms with Crippen LogP contribution in [0.25, 0.3) is 11.0 Å². The summed E-state index contributed by atoms with van der Waals surface area (Å²) >= 11 is 0. The molecular formula is C11H13FN4O. The number of nitrogens with two attached hydrogens (primary N) is 1. The van der Waals surface area contributed by atoms with Gasteiger partial charge in [-0.1, -0.05) is 0 Å². The Hall–Kier alpha value is -2.11. The van der Waals surface area contributed by atoms with Crippen LogP contribution >= 0.6 is 0 Å². The molecule has 1 heterocycles. The Morgan fingerprint density at radius 1 is 1.59 bits per heavy atom. The minimum atomic E-state index is -0.349. The summed E-state index contributed by atoms with van der Waals surface area (Å²) < 4.78 is 14.8. The predicted octanol–water partition coefficient (Wildman–Crippen LogP) is 0.894. The number of amides is 1. The summed E-state index contributed by atoms with van der Waals surface area (Å²) in [6, 6.07) is 4.26. The fraction of sp³-hybridized carbons (Fsp3) is 0.273. The Morgan fingerprint density at radius 2 is 2.35 bits per heavy atom. The maximum absolute atomic E-state index is 13.1. The van der Waals surface area contributed by atoms with Crippen LogP contribution in [0.2, 0.25) is 0 Å². The fourth-order valence-corrected chi connectivity index (χ4v) is 1.69. The van der Waals surface area contributed by atoms with Gasteiger partial charge < -0.3 is 15.6 Å². The van der Waals surface area contributed by atoms with Crippen LogP contribution in [-0.4, -0.2) is 22.5 Å². The highest BCUT2D eigenvalue weighted by Crippen LogP contribution is 2.19. The van der Waals surface area contributed by atoms with Gasteiger partial charge in [0, 0.05) is 20.0 Å². The van der Waals surface area contributed by atoms with Gasteiger partial charge in [-0.05, 0) is 18.2 Å². The van der Waals surface area contributed by atoms with E-state index in [1.165, 1.54) is 12.1 Å². The van der Waals surface area contributed by atoms with Crippen molar-refractivity contribution in [1.82, 2.24) is 14.9 Å². The number of halogens is 1. The molecule has 0 aliphatic carbocycles. The lowest BCUT2D eigenvalue weighted by atomic mass is 10.3. The van der Waals surface area contributed by atoms with Gasteiger partial charge in [-0.25, -0.2) is 9.37 Å². The first-order valence-electron chi connectivity index (χ1n) is 5.23. The Balaban J connectivity index is 2.35. The smallest absolute Gasteiger partial charge is 0.221 e. The monoisotopic (exact) mass is 236 g/mol. The standard InChI is InChI=1S/C11H13FN4O/c1-14-10(17)4-5-16-9-6-7(12)2-3-8(9)15-11(16)13/h2-3,6H,4-5H2,1H3,(H2,13,15)(H,14,17). The third-order valence-electron chi connectivity index (χ3n) is 2.58. The predicted molar refractivity (Wildman–Crippen MR) is 62.8 cm³/mol. The van der Waals surface area contributed by atoms with Crippen molar-refractivity contribution in [2.24, 2.45) is 0 Å². The molecule has 0 aliphatic heterocycles. The van der Waals surface area contributed by atoms with Crippen LogP contribution in [0.1, 0.15) is 6.42 Å². The zero-order valence-corrected chi connectivity index (χ0v) is 9.40. The summed E-state index contributed by atoms with van der Waals surface area (Å²) in [5.74, 6) is -0.157. The number of aryl methyl sites for hydroxylation is 1. The molecule has 0 atom stereocenters. The number of imidazole rings is 1. The van der Waals surface area contributed by atoms with Gasteiger partial charge in [-0.15, -0.1) is 0 Å². The van der Waals surface area contributed by atoms with Crippen molar-refractivity contribution in [2.45, 2.75) is 13.0 Å². The van der Waals surface area contributed by atoms with Gasteiger partial charge in [-0.2, -0.15) is 0 Å². The summed E-state index contributed by atoms with van der Waals surface area (Å²) in [7, 11) is 1.57. The lowest BCUT2D eigenvalue weighted by molar-refractivity contribution is -0.120. The molecule has 3 N–H and O–H groups in total. The number of hydrogen-bond acceptors (Lipinski definition) is 3. The zero-order valence-electron chi connectivity index (χ0n) is 9.40. The number of nitrogen functional groups attached to an aromatic ring is 1. The first kappa shape index (κ1) is 11.4. The van der Waals surface area contributed by atoms with Gasteiger partial charge in [0.1, 0.15) is 5.82 Å². The van der Waals surface area contributed by atoms with Crippen LogP contribution in [-0.2, 0) is 11.3 Å². The summed E-state index contributed by atoms with van der Waals surface area (Å²) in [5.41, 5.74) is 6.96. The number of hydrogen-bond donors (Lipinski definition) is 2. The molecule has 0 saturated heterocycles. The average molecular weight is 236 g/mol. The van der Waals surface area contributed by atoms with Gasteiger partial charge in [-0.3, -0.25) is 4.79 Å². The molecule has 2 rings (SSSR count). The Morgan fingerprint density at radius 3 is 3.06 bits per heavy atom. The van der Waals surface area contributed by atoms with E-state index in [1.54, 1.807) is 17.7 Å². The number of carbonyl (C=O) groups is 1.